The largest absolute Gasteiger partial charge is 0.491 e. The first kappa shape index (κ1) is 16.4. The molecular formula is C19H25NO2. The van der Waals surface area contributed by atoms with Crippen LogP contribution >= 0.6 is 0 Å². The number of anilines is 1. The molecule has 0 bridgehead atoms. The quantitative estimate of drug-likeness (QED) is 0.731. The molecule has 2 rings (SSSR count). The Bertz CT molecular complexity index is 564. The second-order valence-corrected chi connectivity index (χ2v) is 5.58. The molecule has 3 nitrogen and oxygen atoms in total. The Hall–Kier alpha value is -2.00. The van der Waals surface area contributed by atoms with Gasteiger partial charge >= 0.3 is 0 Å². The number of hydrogen-bond acceptors (Lipinski definition) is 3. The molecule has 0 unspecified atom stereocenters. The zero-order chi connectivity index (χ0) is 15.8. The maximum Gasteiger partial charge on any atom is 0.119 e. The molecule has 0 fully saturated rings. The molecule has 2 aromatic rings. The second kappa shape index (κ2) is 8.44. The average Bonchev–Trinajstić information content (AvgIpc) is 2.54. The van der Waals surface area contributed by atoms with Gasteiger partial charge in [0.05, 0.1) is 6.61 Å². The Morgan fingerprint density at radius 1 is 0.955 bits per heavy atom. The van der Waals surface area contributed by atoms with Gasteiger partial charge in [0, 0.05) is 19.3 Å². The molecule has 0 aliphatic rings. The van der Waals surface area contributed by atoms with Crippen LogP contribution in [-0.4, -0.2) is 20.3 Å². The van der Waals surface area contributed by atoms with Gasteiger partial charge in [-0.3, -0.25) is 0 Å². The van der Waals surface area contributed by atoms with Gasteiger partial charge in [-0.25, -0.2) is 0 Å². The van der Waals surface area contributed by atoms with Gasteiger partial charge < -0.3 is 14.8 Å². The summed E-state index contributed by atoms with van der Waals surface area (Å²) in [6.45, 7) is 6.42. The zero-order valence-corrected chi connectivity index (χ0v) is 13.6. The molecule has 0 aliphatic heterocycles. The molecule has 1 N–H and O–H groups in total. The monoisotopic (exact) mass is 299 g/mol. The van der Waals surface area contributed by atoms with Crippen molar-refractivity contribution in [2.75, 3.05) is 25.6 Å². The molecule has 0 amide bonds. The maximum absolute atomic E-state index is 5.57. The first-order chi connectivity index (χ1) is 10.7. The standard InChI is InChI=1S/C19H25NO2/c1-15(2)18-6-4-5-7-19(18)20-14-16-8-10-17(11-9-16)22-13-12-21-3/h4-11,15,20H,12-14H2,1-3H3. The molecule has 0 atom stereocenters. The summed E-state index contributed by atoms with van der Waals surface area (Å²) in [6.07, 6.45) is 0. The van der Waals surface area contributed by atoms with Crippen molar-refractivity contribution < 1.29 is 9.47 Å². The summed E-state index contributed by atoms with van der Waals surface area (Å²) in [5.74, 6) is 1.39. The van der Waals surface area contributed by atoms with E-state index in [4.69, 9.17) is 9.47 Å². The van der Waals surface area contributed by atoms with E-state index in [0.717, 1.165) is 12.3 Å². The van der Waals surface area contributed by atoms with Crippen LogP contribution in [0.5, 0.6) is 5.75 Å². The van der Waals surface area contributed by atoms with E-state index in [2.05, 4.69) is 55.6 Å². The van der Waals surface area contributed by atoms with Crippen LogP contribution in [0.1, 0.15) is 30.9 Å². The van der Waals surface area contributed by atoms with Crippen molar-refractivity contribution in [3.8, 4) is 5.75 Å². The van der Waals surface area contributed by atoms with Crippen LogP contribution in [0.3, 0.4) is 0 Å². The predicted octanol–water partition coefficient (Wildman–Crippen LogP) is 4.45. The van der Waals surface area contributed by atoms with Crippen molar-refractivity contribution in [1.82, 2.24) is 0 Å². The lowest BCUT2D eigenvalue weighted by Crippen LogP contribution is -2.05. The lowest BCUT2D eigenvalue weighted by atomic mass is 10.0. The van der Waals surface area contributed by atoms with E-state index >= 15 is 0 Å². The Balaban J connectivity index is 1.92. The fraction of sp³-hybridized carbons (Fsp3) is 0.368. The molecular weight excluding hydrogens is 274 g/mol. The third-order valence-corrected chi connectivity index (χ3v) is 3.55. The first-order valence-corrected chi connectivity index (χ1v) is 7.74. The molecule has 22 heavy (non-hydrogen) atoms. The van der Waals surface area contributed by atoms with E-state index in [-0.39, 0.29) is 0 Å². The lowest BCUT2D eigenvalue weighted by Gasteiger charge is -2.14. The highest BCUT2D eigenvalue weighted by molar-refractivity contribution is 5.52. The Morgan fingerprint density at radius 2 is 1.68 bits per heavy atom. The molecule has 2 aromatic carbocycles. The summed E-state index contributed by atoms with van der Waals surface area (Å²) >= 11 is 0. The molecule has 0 heterocycles. The van der Waals surface area contributed by atoms with Gasteiger partial charge in [-0.2, -0.15) is 0 Å². The van der Waals surface area contributed by atoms with Gasteiger partial charge in [0.15, 0.2) is 0 Å². The fourth-order valence-electron chi connectivity index (χ4n) is 2.31. The van der Waals surface area contributed by atoms with Gasteiger partial charge in [0.2, 0.25) is 0 Å². The molecule has 0 aromatic heterocycles. The normalized spacial score (nSPS) is 10.7. The summed E-state index contributed by atoms with van der Waals surface area (Å²) < 4.78 is 10.5. The van der Waals surface area contributed by atoms with Gasteiger partial charge in [0.1, 0.15) is 12.4 Å². The number of methoxy groups -OCH3 is 1. The highest BCUT2D eigenvalue weighted by Gasteiger charge is 2.05. The lowest BCUT2D eigenvalue weighted by molar-refractivity contribution is 0.146. The zero-order valence-electron chi connectivity index (χ0n) is 13.6. The van der Waals surface area contributed by atoms with Crippen LogP contribution in [0, 0.1) is 0 Å². The molecule has 0 radical (unpaired) electrons. The van der Waals surface area contributed by atoms with Crippen molar-refractivity contribution in [3.63, 3.8) is 0 Å². The van der Waals surface area contributed by atoms with E-state index < -0.39 is 0 Å². The first-order valence-electron chi connectivity index (χ1n) is 7.74. The molecule has 0 spiro atoms. The SMILES string of the molecule is COCCOc1ccc(CNc2ccccc2C(C)C)cc1. The number of para-hydroxylation sites is 1. The minimum atomic E-state index is 0.514. The van der Waals surface area contributed by atoms with Crippen molar-refractivity contribution >= 4 is 5.69 Å². The Labute approximate surface area is 133 Å². The average molecular weight is 299 g/mol. The van der Waals surface area contributed by atoms with E-state index in [1.165, 1.54) is 16.8 Å². The van der Waals surface area contributed by atoms with Crippen LogP contribution in [0.2, 0.25) is 0 Å². The number of benzene rings is 2. The molecule has 3 heteroatoms. The van der Waals surface area contributed by atoms with E-state index in [1.54, 1.807) is 7.11 Å². The second-order valence-electron chi connectivity index (χ2n) is 5.58. The Kier molecular flexibility index (Phi) is 6.28. The molecule has 0 aliphatic carbocycles. The highest BCUT2D eigenvalue weighted by atomic mass is 16.5. The van der Waals surface area contributed by atoms with Crippen LogP contribution in [0.25, 0.3) is 0 Å². The van der Waals surface area contributed by atoms with Crippen molar-refractivity contribution in [2.24, 2.45) is 0 Å². The fourth-order valence-corrected chi connectivity index (χ4v) is 2.31. The summed E-state index contributed by atoms with van der Waals surface area (Å²) in [5.41, 5.74) is 3.79. The van der Waals surface area contributed by atoms with E-state index in [9.17, 15) is 0 Å². The van der Waals surface area contributed by atoms with Crippen molar-refractivity contribution in [3.05, 3.63) is 59.7 Å². The molecule has 0 saturated heterocycles. The number of rotatable bonds is 8. The summed E-state index contributed by atoms with van der Waals surface area (Å²) in [7, 11) is 1.67. The topological polar surface area (TPSA) is 30.5 Å². The van der Waals surface area contributed by atoms with E-state index in [0.29, 0.717) is 19.1 Å². The van der Waals surface area contributed by atoms with Crippen LogP contribution in [-0.2, 0) is 11.3 Å². The van der Waals surface area contributed by atoms with Crippen LogP contribution in [0.4, 0.5) is 5.69 Å². The third-order valence-electron chi connectivity index (χ3n) is 3.55. The number of nitrogens with one attached hydrogen (secondary N) is 1. The maximum atomic E-state index is 5.57. The summed E-state index contributed by atoms with van der Waals surface area (Å²) in [6, 6.07) is 16.7. The molecule has 118 valence electrons. The molecule has 0 saturated carbocycles. The third kappa shape index (κ3) is 4.78. The minimum absolute atomic E-state index is 0.514. The van der Waals surface area contributed by atoms with Crippen molar-refractivity contribution in [1.29, 1.82) is 0 Å². The van der Waals surface area contributed by atoms with Gasteiger partial charge in [-0.1, -0.05) is 44.2 Å². The van der Waals surface area contributed by atoms with Crippen LogP contribution < -0.4 is 10.1 Å². The Morgan fingerprint density at radius 3 is 2.36 bits per heavy atom. The van der Waals surface area contributed by atoms with Gasteiger partial charge in [-0.15, -0.1) is 0 Å². The van der Waals surface area contributed by atoms with Gasteiger partial charge in [0.25, 0.3) is 0 Å². The van der Waals surface area contributed by atoms with Gasteiger partial charge in [-0.05, 0) is 35.2 Å². The smallest absolute Gasteiger partial charge is 0.119 e. The minimum Gasteiger partial charge on any atom is -0.491 e. The predicted molar refractivity (Wildman–Crippen MR) is 91.7 cm³/mol. The van der Waals surface area contributed by atoms with Crippen molar-refractivity contribution in [2.45, 2.75) is 26.3 Å². The van der Waals surface area contributed by atoms with E-state index in [1.807, 2.05) is 12.1 Å². The van der Waals surface area contributed by atoms with Crippen LogP contribution in [0.15, 0.2) is 48.5 Å². The summed E-state index contributed by atoms with van der Waals surface area (Å²) in [4.78, 5) is 0. The summed E-state index contributed by atoms with van der Waals surface area (Å²) in [5, 5.41) is 3.52. The number of hydrogen-bond donors (Lipinski definition) is 1. The highest BCUT2D eigenvalue weighted by Crippen LogP contribution is 2.24. The number of ether oxygens (including phenoxy) is 2.